The van der Waals surface area contributed by atoms with Crippen molar-refractivity contribution in [3.8, 4) is 0 Å². The topological polar surface area (TPSA) is 122 Å². The third-order valence-electron chi connectivity index (χ3n) is 3.40. The summed E-state index contributed by atoms with van der Waals surface area (Å²) in [6.45, 7) is 4.93. The number of amides is 2. The number of nitrogens with one attached hydrogen (secondary N) is 3. The second-order valence-corrected chi connectivity index (χ2v) is 5.88. The first-order valence-corrected chi connectivity index (χ1v) is 8.14. The molecule has 3 aromatic rings. The lowest BCUT2D eigenvalue weighted by molar-refractivity contribution is -0.114. The van der Waals surface area contributed by atoms with E-state index in [4.69, 9.17) is 4.52 Å². The molecule has 27 heavy (non-hydrogen) atoms. The van der Waals surface area contributed by atoms with Crippen molar-refractivity contribution in [2.75, 3.05) is 16.0 Å². The molecule has 2 amide bonds. The van der Waals surface area contributed by atoms with Gasteiger partial charge in [0.2, 0.25) is 11.9 Å². The zero-order valence-corrected chi connectivity index (χ0v) is 15.0. The van der Waals surface area contributed by atoms with E-state index < -0.39 is 5.91 Å². The molecule has 3 rings (SSSR count). The molecule has 1 aromatic carbocycles. The fraction of sp³-hybridized carbons (Fsp3) is 0.167. The van der Waals surface area contributed by atoms with Gasteiger partial charge in [-0.05, 0) is 38.1 Å². The Morgan fingerprint density at radius 1 is 1.00 bits per heavy atom. The molecule has 0 saturated carbocycles. The van der Waals surface area contributed by atoms with Crippen LogP contribution in [0.2, 0.25) is 0 Å². The fourth-order valence-corrected chi connectivity index (χ4v) is 2.35. The lowest BCUT2D eigenvalue weighted by Crippen LogP contribution is -2.15. The Bertz CT molecular complexity index is 998. The first kappa shape index (κ1) is 18.1. The second-order valence-electron chi connectivity index (χ2n) is 5.88. The monoisotopic (exact) mass is 366 g/mol. The fourth-order valence-electron chi connectivity index (χ4n) is 2.35. The minimum Gasteiger partial charge on any atom is -0.360 e. The summed E-state index contributed by atoms with van der Waals surface area (Å²) >= 11 is 0. The summed E-state index contributed by atoms with van der Waals surface area (Å²) in [5.41, 5.74) is 2.11. The van der Waals surface area contributed by atoms with E-state index in [-0.39, 0.29) is 17.5 Å². The van der Waals surface area contributed by atoms with Crippen LogP contribution in [0.3, 0.4) is 0 Å². The highest BCUT2D eigenvalue weighted by Gasteiger charge is 2.13. The van der Waals surface area contributed by atoms with Crippen LogP contribution in [0.1, 0.15) is 28.9 Å². The Labute approximate surface area is 155 Å². The van der Waals surface area contributed by atoms with Gasteiger partial charge in [0.1, 0.15) is 11.5 Å². The van der Waals surface area contributed by atoms with Crippen molar-refractivity contribution in [1.29, 1.82) is 0 Å². The van der Waals surface area contributed by atoms with Crippen LogP contribution in [0.4, 0.5) is 23.1 Å². The van der Waals surface area contributed by atoms with Gasteiger partial charge in [-0.15, -0.1) is 0 Å². The maximum atomic E-state index is 12.4. The summed E-state index contributed by atoms with van der Waals surface area (Å²) < 4.78 is 4.93. The summed E-state index contributed by atoms with van der Waals surface area (Å²) in [5.74, 6) is 0.568. The van der Waals surface area contributed by atoms with E-state index in [9.17, 15) is 9.59 Å². The van der Waals surface area contributed by atoms with Gasteiger partial charge in [-0.2, -0.15) is 0 Å². The van der Waals surface area contributed by atoms with Crippen LogP contribution in [0, 0.1) is 13.8 Å². The molecule has 0 saturated heterocycles. The Hall–Kier alpha value is -3.75. The average molecular weight is 366 g/mol. The Morgan fingerprint density at radius 2 is 1.78 bits per heavy atom. The highest BCUT2D eigenvalue weighted by atomic mass is 16.5. The summed E-state index contributed by atoms with van der Waals surface area (Å²) in [4.78, 5) is 32.1. The largest absolute Gasteiger partial charge is 0.360 e. The molecule has 9 heteroatoms. The molecular formula is C18H18N6O3. The van der Waals surface area contributed by atoms with Gasteiger partial charge in [0.25, 0.3) is 5.91 Å². The van der Waals surface area contributed by atoms with E-state index in [1.807, 2.05) is 0 Å². The van der Waals surface area contributed by atoms with E-state index in [1.54, 1.807) is 50.2 Å². The third-order valence-corrected chi connectivity index (χ3v) is 3.40. The lowest BCUT2D eigenvalue weighted by atomic mass is 10.2. The van der Waals surface area contributed by atoms with E-state index in [0.29, 0.717) is 28.6 Å². The number of aromatic nitrogens is 3. The maximum Gasteiger partial charge on any atom is 0.275 e. The molecule has 0 bridgehead atoms. The van der Waals surface area contributed by atoms with Crippen LogP contribution in [0.5, 0.6) is 0 Å². The second kappa shape index (κ2) is 7.65. The number of hydrogen-bond acceptors (Lipinski definition) is 7. The van der Waals surface area contributed by atoms with Crippen LogP contribution in [0.25, 0.3) is 0 Å². The van der Waals surface area contributed by atoms with Gasteiger partial charge in [-0.3, -0.25) is 9.59 Å². The zero-order valence-electron chi connectivity index (χ0n) is 15.0. The van der Waals surface area contributed by atoms with Crippen molar-refractivity contribution in [3.05, 3.63) is 53.5 Å². The molecule has 3 N–H and O–H groups in total. The molecule has 0 fully saturated rings. The molecule has 0 aliphatic carbocycles. The van der Waals surface area contributed by atoms with Gasteiger partial charge in [0.05, 0.1) is 0 Å². The standard InChI is InChI=1S/C18H18N6O3/c1-10-7-15(17(26)23-16-8-11(2)27-24-16)22-18(19-10)21-14-6-4-5-13(9-14)20-12(3)25/h4-9H,1-3H3,(H,20,25)(H,19,21,22)(H,23,24,26). The van der Waals surface area contributed by atoms with Crippen molar-refractivity contribution in [2.45, 2.75) is 20.8 Å². The molecule has 0 radical (unpaired) electrons. The van der Waals surface area contributed by atoms with Gasteiger partial charge >= 0.3 is 0 Å². The predicted molar refractivity (Wildman–Crippen MR) is 100.0 cm³/mol. The zero-order chi connectivity index (χ0) is 19.4. The average Bonchev–Trinajstić information content (AvgIpc) is 2.99. The van der Waals surface area contributed by atoms with Crippen LogP contribution < -0.4 is 16.0 Å². The van der Waals surface area contributed by atoms with Gasteiger partial charge in [-0.25, -0.2) is 9.97 Å². The first-order valence-electron chi connectivity index (χ1n) is 8.14. The molecule has 9 nitrogen and oxygen atoms in total. The third kappa shape index (κ3) is 4.88. The van der Waals surface area contributed by atoms with E-state index in [1.165, 1.54) is 6.92 Å². The van der Waals surface area contributed by atoms with Crippen molar-refractivity contribution < 1.29 is 14.1 Å². The molecule has 0 spiro atoms. The molecule has 0 aliphatic heterocycles. The molecule has 2 aromatic heterocycles. The molecule has 2 heterocycles. The van der Waals surface area contributed by atoms with Gasteiger partial charge in [0.15, 0.2) is 5.82 Å². The molecule has 138 valence electrons. The minimum absolute atomic E-state index is 0.166. The molecule has 0 atom stereocenters. The molecular weight excluding hydrogens is 348 g/mol. The maximum absolute atomic E-state index is 12.4. The van der Waals surface area contributed by atoms with Crippen LogP contribution >= 0.6 is 0 Å². The van der Waals surface area contributed by atoms with E-state index >= 15 is 0 Å². The first-order chi connectivity index (χ1) is 12.9. The van der Waals surface area contributed by atoms with Crippen LogP contribution in [0.15, 0.2) is 40.9 Å². The highest BCUT2D eigenvalue weighted by molar-refractivity contribution is 6.02. The quantitative estimate of drug-likeness (QED) is 0.634. The van der Waals surface area contributed by atoms with Gasteiger partial charge < -0.3 is 20.5 Å². The number of anilines is 4. The number of rotatable bonds is 5. The summed E-state index contributed by atoms with van der Waals surface area (Å²) in [7, 11) is 0. The number of benzene rings is 1. The van der Waals surface area contributed by atoms with Crippen LogP contribution in [-0.4, -0.2) is 26.9 Å². The number of nitrogens with zero attached hydrogens (tertiary/aromatic N) is 3. The normalized spacial score (nSPS) is 10.3. The summed E-state index contributed by atoms with van der Waals surface area (Å²) in [6, 6.07) is 10.3. The summed E-state index contributed by atoms with van der Waals surface area (Å²) in [6.07, 6.45) is 0. The SMILES string of the molecule is CC(=O)Nc1cccc(Nc2nc(C)cc(C(=O)Nc3cc(C)on3)n2)c1. The number of carbonyl (C=O) groups excluding carboxylic acids is 2. The number of carbonyl (C=O) groups is 2. The Morgan fingerprint density at radius 3 is 2.48 bits per heavy atom. The Balaban J connectivity index is 1.79. The van der Waals surface area contributed by atoms with Crippen molar-refractivity contribution in [1.82, 2.24) is 15.1 Å². The minimum atomic E-state index is -0.427. The number of hydrogen-bond donors (Lipinski definition) is 3. The van der Waals surface area contributed by atoms with Gasteiger partial charge in [-0.1, -0.05) is 11.2 Å². The lowest BCUT2D eigenvalue weighted by Gasteiger charge is -2.09. The van der Waals surface area contributed by atoms with Gasteiger partial charge in [0, 0.05) is 30.1 Å². The van der Waals surface area contributed by atoms with Crippen molar-refractivity contribution >= 4 is 35.0 Å². The highest BCUT2D eigenvalue weighted by Crippen LogP contribution is 2.19. The Kier molecular flexibility index (Phi) is 5.11. The predicted octanol–water partition coefficient (Wildman–Crippen LogP) is 3.04. The van der Waals surface area contributed by atoms with E-state index in [2.05, 4.69) is 31.1 Å². The molecule has 0 aliphatic rings. The van der Waals surface area contributed by atoms with E-state index in [0.717, 1.165) is 0 Å². The summed E-state index contributed by atoms with van der Waals surface area (Å²) in [5, 5.41) is 12.1. The van der Waals surface area contributed by atoms with Crippen molar-refractivity contribution in [3.63, 3.8) is 0 Å². The van der Waals surface area contributed by atoms with Crippen LogP contribution in [-0.2, 0) is 4.79 Å². The number of aryl methyl sites for hydroxylation is 2. The smallest absolute Gasteiger partial charge is 0.275 e. The molecule has 0 unspecified atom stereocenters. The van der Waals surface area contributed by atoms with Crippen molar-refractivity contribution in [2.24, 2.45) is 0 Å².